The normalized spacial score (nSPS) is 10.3. The predicted octanol–water partition coefficient (Wildman–Crippen LogP) is 3.92. The first-order chi connectivity index (χ1) is 11.3. The van der Waals surface area contributed by atoms with E-state index in [1.54, 1.807) is 7.11 Å². The first kappa shape index (κ1) is 14.9. The van der Waals surface area contributed by atoms with E-state index in [0.29, 0.717) is 18.2 Å². The lowest BCUT2D eigenvalue weighted by Crippen LogP contribution is -2.01. The van der Waals surface area contributed by atoms with Crippen molar-refractivity contribution >= 4 is 5.82 Å². The number of hydrogen-bond acceptors (Lipinski definition) is 4. The number of nitrogens with two attached hydrogens (primary N) is 1. The van der Waals surface area contributed by atoms with E-state index in [9.17, 15) is 0 Å². The molecular formula is C19H18N2O2. The molecule has 0 radical (unpaired) electrons. The van der Waals surface area contributed by atoms with Crippen LogP contribution in [0.2, 0.25) is 0 Å². The summed E-state index contributed by atoms with van der Waals surface area (Å²) in [5.41, 5.74) is 8.89. The maximum absolute atomic E-state index is 6.02. The van der Waals surface area contributed by atoms with Gasteiger partial charge in [0.1, 0.15) is 12.4 Å². The average Bonchev–Trinajstić information content (AvgIpc) is 2.61. The summed E-state index contributed by atoms with van der Waals surface area (Å²) in [7, 11) is 1.64. The van der Waals surface area contributed by atoms with Gasteiger partial charge in [0.15, 0.2) is 11.6 Å². The van der Waals surface area contributed by atoms with Crippen LogP contribution >= 0.6 is 0 Å². The Morgan fingerprint density at radius 2 is 1.78 bits per heavy atom. The van der Waals surface area contributed by atoms with Gasteiger partial charge in [-0.1, -0.05) is 42.5 Å². The number of methoxy groups -OCH3 is 1. The Labute approximate surface area is 135 Å². The summed E-state index contributed by atoms with van der Waals surface area (Å²) in [6.07, 6.45) is 0. The van der Waals surface area contributed by atoms with Crippen molar-refractivity contribution in [3.8, 4) is 22.8 Å². The largest absolute Gasteiger partial charge is 0.497 e. The molecule has 0 saturated heterocycles. The summed E-state index contributed by atoms with van der Waals surface area (Å²) in [6.45, 7) is 0.410. The number of pyridine rings is 1. The van der Waals surface area contributed by atoms with Gasteiger partial charge in [-0.05, 0) is 29.8 Å². The molecule has 23 heavy (non-hydrogen) atoms. The second-order valence-corrected chi connectivity index (χ2v) is 5.09. The fourth-order valence-corrected chi connectivity index (χ4v) is 2.28. The molecule has 0 unspecified atom stereocenters. The van der Waals surface area contributed by atoms with E-state index in [2.05, 4.69) is 4.98 Å². The van der Waals surface area contributed by atoms with Gasteiger partial charge < -0.3 is 15.2 Å². The van der Waals surface area contributed by atoms with Crippen molar-refractivity contribution in [3.05, 3.63) is 72.3 Å². The first-order valence-electron chi connectivity index (χ1n) is 7.34. The number of rotatable bonds is 5. The van der Waals surface area contributed by atoms with Crippen LogP contribution in [0.1, 0.15) is 5.56 Å². The fraction of sp³-hybridized carbons (Fsp3) is 0.105. The number of benzene rings is 2. The molecule has 1 heterocycles. The van der Waals surface area contributed by atoms with Crippen LogP contribution < -0.4 is 15.2 Å². The lowest BCUT2D eigenvalue weighted by atomic mass is 10.1. The molecule has 2 N–H and O–H groups in total. The maximum atomic E-state index is 6.02. The highest BCUT2D eigenvalue weighted by atomic mass is 16.5. The van der Waals surface area contributed by atoms with Gasteiger partial charge in [-0.15, -0.1) is 0 Å². The standard InChI is InChI=1S/C19H18N2O2/c1-22-16-9-5-6-14(12-16)13-23-18-11-10-17(21-19(18)20)15-7-3-2-4-8-15/h2-12H,13H2,1H3,(H2,20,21). The Hall–Kier alpha value is -3.01. The van der Waals surface area contributed by atoms with Gasteiger partial charge >= 0.3 is 0 Å². The van der Waals surface area contributed by atoms with Crippen LogP contribution in [-0.4, -0.2) is 12.1 Å². The molecular weight excluding hydrogens is 288 g/mol. The van der Waals surface area contributed by atoms with E-state index < -0.39 is 0 Å². The average molecular weight is 306 g/mol. The second kappa shape index (κ2) is 6.83. The van der Waals surface area contributed by atoms with Crippen LogP contribution in [0.3, 0.4) is 0 Å². The molecule has 0 aliphatic heterocycles. The minimum atomic E-state index is 0.384. The van der Waals surface area contributed by atoms with Crippen LogP contribution in [0.5, 0.6) is 11.5 Å². The first-order valence-corrected chi connectivity index (χ1v) is 7.34. The molecule has 2 aromatic carbocycles. The van der Waals surface area contributed by atoms with Gasteiger partial charge in [0.2, 0.25) is 0 Å². The van der Waals surface area contributed by atoms with Crippen LogP contribution in [0.4, 0.5) is 5.82 Å². The Kier molecular flexibility index (Phi) is 4.43. The molecule has 3 rings (SSSR count). The summed E-state index contributed by atoms with van der Waals surface area (Å²) in [5.74, 6) is 1.76. The van der Waals surface area contributed by atoms with Crippen molar-refractivity contribution in [1.82, 2.24) is 4.98 Å². The lowest BCUT2D eigenvalue weighted by Gasteiger charge is -2.10. The molecule has 4 heteroatoms. The van der Waals surface area contributed by atoms with E-state index in [-0.39, 0.29) is 0 Å². The third kappa shape index (κ3) is 3.61. The molecule has 116 valence electrons. The quantitative estimate of drug-likeness (QED) is 0.776. The molecule has 0 spiro atoms. The number of ether oxygens (including phenoxy) is 2. The minimum Gasteiger partial charge on any atom is -0.497 e. The van der Waals surface area contributed by atoms with Gasteiger partial charge in [0.25, 0.3) is 0 Å². The highest BCUT2D eigenvalue weighted by Crippen LogP contribution is 2.25. The highest BCUT2D eigenvalue weighted by Gasteiger charge is 2.06. The fourth-order valence-electron chi connectivity index (χ4n) is 2.28. The van der Waals surface area contributed by atoms with Crippen molar-refractivity contribution in [2.75, 3.05) is 12.8 Å². The maximum Gasteiger partial charge on any atom is 0.166 e. The van der Waals surface area contributed by atoms with E-state index >= 15 is 0 Å². The molecule has 0 fully saturated rings. The molecule has 1 aromatic heterocycles. The third-order valence-electron chi connectivity index (χ3n) is 3.48. The number of nitrogen functional groups attached to an aromatic ring is 1. The van der Waals surface area contributed by atoms with Crippen molar-refractivity contribution in [3.63, 3.8) is 0 Å². The monoisotopic (exact) mass is 306 g/mol. The Bertz CT molecular complexity index is 788. The number of hydrogen-bond donors (Lipinski definition) is 1. The second-order valence-electron chi connectivity index (χ2n) is 5.09. The van der Waals surface area contributed by atoms with E-state index in [1.807, 2.05) is 66.7 Å². The number of aromatic nitrogens is 1. The Morgan fingerprint density at radius 1 is 0.957 bits per heavy atom. The van der Waals surface area contributed by atoms with Gasteiger partial charge in [-0.25, -0.2) is 4.98 Å². The van der Waals surface area contributed by atoms with Crippen molar-refractivity contribution in [2.45, 2.75) is 6.61 Å². The summed E-state index contributed by atoms with van der Waals surface area (Å²) < 4.78 is 11.0. The number of nitrogens with zero attached hydrogens (tertiary/aromatic N) is 1. The summed E-state index contributed by atoms with van der Waals surface area (Å²) in [5, 5.41) is 0. The van der Waals surface area contributed by atoms with Crippen molar-refractivity contribution < 1.29 is 9.47 Å². The molecule has 0 aliphatic carbocycles. The molecule has 0 amide bonds. The molecule has 0 atom stereocenters. The highest BCUT2D eigenvalue weighted by molar-refractivity contribution is 5.63. The van der Waals surface area contributed by atoms with Crippen LogP contribution in [-0.2, 0) is 6.61 Å². The van der Waals surface area contributed by atoms with Crippen LogP contribution in [0.25, 0.3) is 11.3 Å². The van der Waals surface area contributed by atoms with Gasteiger partial charge in [0.05, 0.1) is 12.8 Å². The zero-order valence-electron chi connectivity index (χ0n) is 12.9. The minimum absolute atomic E-state index is 0.384. The van der Waals surface area contributed by atoms with Gasteiger partial charge in [0, 0.05) is 5.56 Å². The molecule has 0 saturated carbocycles. The topological polar surface area (TPSA) is 57.4 Å². The van der Waals surface area contributed by atoms with Crippen LogP contribution in [0, 0.1) is 0 Å². The molecule has 0 aliphatic rings. The Morgan fingerprint density at radius 3 is 2.52 bits per heavy atom. The molecule has 4 nitrogen and oxygen atoms in total. The Balaban J connectivity index is 1.73. The molecule has 0 bridgehead atoms. The van der Waals surface area contributed by atoms with E-state index in [4.69, 9.17) is 15.2 Å². The zero-order chi connectivity index (χ0) is 16.1. The summed E-state index contributed by atoms with van der Waals surface area (Å²) in [4.78, 5) is 4.42. The van der Waals surface area contributed by atoms with Crippen molar-refractivity contribution in [2.24, 2.45) is 0 Å². The lowest BCUT2D eigenvalue weighted by molar-refractivity contribution is 0.306. The van der Waals surface area contributed by atoms with Gasteiger partial charge in [-0.2, -0.15) is 0 Å². The molecule has 3 aromatic rings. The SMILES string of the molecule is COc1cccc(COc2ccc(-c3ccccc3)nc2N)c1. The van der Waals surface area contributed by atoms with E-state index in [0.717, 1.165) is 22.6 Å². The zero-order valence-corrected chi connectivity index (χ0v) is 12.9. The summed E-state index contributed by atoms with van der Waals surface area (Å²) in [6, 6.07) is 21.4. The van der Waals surface area contributed by atoms with Crippen LogP contribution in [0.15, 0.2) is 66.7 Å². The summed E-state index contributed by atoms with van der Waals surface area (Å²) >= 11 is 0. The van der Waals surface area contributed by atoms with E-state index in [1.165, 1.54) is 0 Å². The number of anilines is 1. The predicted molar refractivity (Wildman–Crippen MR) is 91.4 cm³/mol. The van der Waals surface area contributed by atoms with Crippen molar-refractivity contribution in [1.29, 1.82) is 0 Å². The van der Waals surface area contributed by atoms with Gasteiger partial charge in [-0.3, -0.25) is 0 Å². The smallest absolute Gasteiger partial charge is 0.166 e. The third-order valence-corrected chi connectivity index (χ3v) is 3.48.